The number of benzene rings is 3. The Bertz CT molecular complexity index is 1420. The maximum Gasteiger partial charge on any atom is 0.264 e. The second-order valence-electron chi connectivity index (χ2n) is 10.8. The fourth-order valence-corrected chi connectivity index (χ4v) is 5.90. The molecule has 1 N–H and O–H groups in total. The number of carbonyl (C=O) groups is 2. The van der Waals surface area contributed by atoms with E-state index >= 15 is 0 Å². The fraction of sp³-hybridized carbons (Fsp3) is 0.394. The Balaban J connectivity index is 2.03. The highest BCUT2D eigenvalue weighted by molar-refractivity contribution is 7.92. The van der Waals surface area contributed by atoms with Crippen LogP contribution in [-0.4, -0.2) is 44.3 Å². The summed E-state index contributed by atoms with van der Waals surface area (Å²) in [5, 5.41) is 2.92. The summed E-state index contributed by atoms with van der Waals surface area (Å²) in [6, 6.07) is 20.7. The predicted octanol–water partition coefficient (Wildman–Crippen LogP) is 5.96. The molecule has 1 unspecified atom stereocenters. The molecule has 0 saturated carbocycles. The number of carbonyl (C=O) groups excluding carboxylic acids is 2. The van der Waals surface area contributed by atoms with E-state index in [1.54, 1.807) is 43.3 Å². The van der Waals surface area contributed by atoms with Crippen LogP contribution in [0.4, 0.5) is 5.69 Å². The van der Waals surface area contributed by atoms with E-state index in [0.29, 0.717) is 12.2 Å². The van der Waals surface area contributed by atoms with Gasteiger partial charge in [-0.05, 0) is 74.1 Å². The van der Waals surface area contributed by atoms with E-state index < -0.39 is 28.5 Å². The van der Waals surface area contributed by atoms with Crippen molar-refractivity contribution in [1.29, 1.82) is 0 Å². The number of rotatable bonds is 13. The quantitative estimate of drug-likeness (QED) is 0.254. The average molecular weight is 578 g/mol. The molecular weight excluding hydrogens is 534 g/mol. The van der Waals surface area contributed by atoms with Crippen molar-refractivity contribution in [2.75, 3.05) is 17.4 Å². The van der Waals surface area contributed by atoms with E-state index in [0.717, 1.165) is 39.4 Å². The van der Waals surface area contributed by atoms with Crippen LogP contribution in [-0.2, 0) is 26.2 Å². The van der Waals surface area contributed by atoms with E-state index in [9.17, 15) is 18.0 Å². The molecule has 0 fully saturated rings. The summed E-state index contributed by atoms with van der Waals surface area (Å²) in [6.45, 7) is 11.9. The van der Waals surface area contributed by atoms with Gasteiger partial charge in [-0.2, -0.15) is 0 Å². The molecule has 0 bridgehead atoms. The number of unbranched alkanes of at least 4 members (excludes halogenated alkanes) is 1. The monoisotopic (exact) mass is 577 g/mol. The van der Waals surface area contributed by atoms with E-state index in [-0.39, 0.29) is 23.3 Å². The van der Waals surface area contributed by atoms with Gasteiger partial charge in [-0.1, -0.05) is 81.3 Å². The lowest BCUT2D eigenvalue weighted by Gasteiger charge is -2.32. The zero-order valence-corrected chi connectivity index (χ0v) is 25.9. The Kier molecular flexibility index (Phi) is 11.1. The molecular formula is C33H43N3O4S. The summed E-state index contributed by atoms with van der Waals surface area (Å²) >= 11 is 0. The predicted molar refractivity (Wildman–Crippen MR) is 165 cm³/mol. The summed E-state index contributed by atoms with van der Waals surface area (Å²) in [7, 11) is -4.09. The van der Waals surface area contributed by atoms with Crippen molar-refractivity contribution in [3.63, 3.8) is 0 Å². The van der Waals surface area contributed by atoms with Gasteiger partial charge in [0.2, 0.25) is 11.8 Å². The van der Waals surface area contributed by atoms with Crippen LogP contribution >= 0.6 is 0 Å². The molecule has 0 radical (unpaired) electrons. The Hall–Kier alpha value is -3.65. The normalized spacial score (nSPS) is 12.2. The molecule has 3 rings (SSSR count). The summed E-state index contributed by atoms with van der Waals surface area (Å²) < 4.78 is 29.1. The van der Waals surface area contributed by atoms with E-state index in [1.165, 1.54) is 4.90 Å². The number of anilines is 1. The van der Waals surface area contributed by atoms with Crippen LogP contribution in [0.15, 0.2) is 77.7 Å². The summed E-state index contributed by atoms with van der Waals surface area (Å²) in [6.07, 6.45) is 1.76. The number of hydrogen-bond donors (Lipinski definition) is 1. The first-order valence-electron chi connectivity index (χ1n) is 14.3. The minimum Gasteiger partial charge on any atom is -0.354 e. The van der Waals surface area contributed by atoms with Gasteiger partial charge in [-0.25, -0.2) is 8.42 Å². The van der Waals surface area contributed by atoms with Crippen LogP contribution in [0, 0.1) is 13.8 Å². The molecule has 7 nitrogen and oxygen atoms in total. The molecule has 1 atom stereocenters. The van der Waals surface area contributed by atoms with Crippen molar-refractivity contribution in [2.24, 2.45) is 0 Å². The van der Waals surface area contributed by atoms with Crippen LogP contribution in [0.1, 0.15) is 68.7 Å². The van der Waals surface area contributed by atoms with Gasteiger partial charge in [0.25, 0.3) is 10.0 Å². The Morgan fingerprint density at radius 2 is 1.51 bits per heavy atom. The molecule has 41 heavy (non-hydrogen) atoms. The molecule has 0 saturated heterocycles. The van der Waals surface area contributed by atoms with Crippen LogP contribution < -0.4 is 9.62 Å². The van der Waals surface area contributed by atoms with Crippen molar-refractivity contribution in [2.45, 2.75) is 77.8 Å². The number of amides is 2. The standard InChI is InChI=1S/C33H43N3O4S/c1-7-8-21-34-33(38)27(6)35(22-29-12-10-9-11-26(29)5)32(37)23-36(30-17-15-28(16-18-30)24(2)3)41(39,40)31-19-13-25(4)14-20-31/h9-20,24,27H,7-8,21-23H2,1-6H3,(H,34,38). The zero-order chi connectivity index (χ0) is 30.2. The van der Waals surface area contributed by atoms with Gasteiger partial charge < -0.3 is 10.2 Å². The molecule has 0 aliphatic carbocycles. The Morgan fingerprint density at radius 1 is 0.878 bits per heavy atom. The molecule has 220 valence electrons. The number of nitrogens with zero attached hydrogens (tertiary/aromatic N) is 2. The SMILES string of the molecule is CCCCNC(=O)C(C)N(Cc1ccccc1C)C(=O)CN(c1ccc(C(C)C)cc1)S(=O)(=O)c1ccc(C)cc1. The van der Waals surface area contributed by atoms with Crippen molar-refractivity contribution in [1.82, 2.24) is 10.2 Å². The number of aryl methyl sites for hydroxylation is 2. The average Bonchev–Trinajstić information content (AvgIpc) is 2.95. The Labute approximate surface area is 245 Å². The molecule has 8 heteroatoms. The lowest BCUT2D eigenvalue weighted by molar-refractivity contribution is -0.139. The second-order valence-corrected chi connectivity index (χ2v) is 12.7. The number of hydrogen-bond acceptors (Lipinski definition) is 4. The number of nitrogens with one attached hydrogen (secondary N) is 1. The van der Waals surface area contributed by atoms with Crippen molar-refractivity contribution in [3.05, 3.63) is 95.1 Å². The highest BCUT2D eigenvalue weighted by Crippen LogP contribution is 2.27. The first-order chi connectivity index (χ1) is 19.4. The van der Waals surface area contributed by atoms with Crippen LogP contribution in [0.3, 0.4) is 0 Å². The molecule has 2 amide bonds. The first-order valence-corrected chi connectivity index (χ1v) is 15.7. The summed E-state index contributed by atoms with van der Waals surface area (Å²) in [5.41, 5.74) is 4.26. The fourth-order valence-electron chi connectivity index (χ4n) is 4.48. The van der Waals surface area contributed by atoms with E-state index in [1.807, 2.05) is 57.2 Å². The topological polar surface area (TPSA) is 86.8 Å². The third-order valence-electron chi connectivity index (χ3n) is 7.33. The molecule has 3 aromatic rings. The van der Waals surface area contributed by atoms with Gasteiger partial charge >= 0.3 is 0 Å². The van der Waals surface area contributed by atoms with Crippen LogP contribution in [0.5, 0.6) is 0 Å². The van der Waals surface area contributed by atoms with E-state index in [4.69, 9.17) is 0 Å². The molecule has 0 aliphatic rings. The molecule has 0 heterocycles. The highest BCUT2D eigenvalue weighted by atomic mass is 32.2. The van der Waals surface area contributed by atoms with Crippen molar-refractivity contribution >= 4 is 27.5 Å². The van der Waals surface area contributed by atoms with Crippen molar-refractivity contribution in [3.8, 4) is 0 Å². The maximum absolute atomic E-state index is 14.1. The maximum atomic E-state index is 14.1. The minimum absolute atomic E-state index is 0.0969. The summed E-state index contributed by atoms with van der Waals surface area (Å²) in [4.78, 5) is 28.7. The Morgan fingerprint density at radius 3 is 2.10 bits per heavy atom. The highest BCUT2D eigenvalue weighted by Gasteiger charge is 2.32. The second kappa shape index (κ2) is 14.3. The zero-order valence-electron chi connectivity index (χ0n) is 25.1. The lowest BCUT2D eigenvalue weighted by Crippen LogP contribution is -2.51. The van der Waals surface area contributed by atoms with Gasteiger partial charge in [0.1, 0.15) is 12.6 Å². The van der Waals surface area contributed by atoms with Crippen molar-refractivity contribution < 1.29 is 18.0 Å². The summed E-state index contributed by atoms with van der Waals surface area (Å²) in [5.74, 6) is -0.464. The first kappa shape index (κ1) is 31.9. The molecule has 0 aliphatic heterocycles. The van der Waals surface area contributed by atoms with Gasteiger partial charge in [-0.3, -0.25) is 13.9 Å². The molecule has 0 aromatic heterocycles. The van der Waals surface area contributed by atoms with Gasteiger partial charge in [0, 0.05) is 13.1 Å². The minimum atomic E-state index is -4.09. The lowest BCUT2D eigenvalue weighted by atomic mass is 10.0. The van der Waals surface area contributed by atoms with Gasteiger partial charge in [0.15, 0.2) is 0 Å². The van der Waals surface area contributed by atoms with Crippen LogP contribution in [0.2, 0.25) is 0 Å². The van der Waals surface area contributed by atoms with Crippen LogP contribution in [0.25, 0.3) is 0 Å². The molecule has 3 aromatic carbocycles. The smallest absolute Gasteiger partial charge is 0.264 e. The largest absolute Gasteiger partial charge is 0.354 e. The molecule has 0 spiro atoms. The van der Waals surface area contributed by atoms with Gasteiger partial charge in [-0.15, -0.1) is 0 Å². The third kappa shape index (κ3) is 8.19. The van der Waals surface area contributed by atoms with Gasteiger partial charge in [0.05, 0.1) is 10.6 Å². The number of sulfonamides is 1. The van der Waals surface area contributed by atoms with E-state index in [2.05, 4.69) is 19.2 Å². The third-order valence-corrected chi connectivity index (χ3v) is 9.12.